The molecule has 168 valence electrons. The van der Waals surface area contributed by atoms with Gasteiger partial charge < -0.3 is 9.15 Å². The van der Waals surface area contributed by atoms with E-state index in [0.29, 0.717) is 23.1 Å². The summed E-state index contributed by atoms with van der Waals surface area (Å²) in [7, 11) is 0. The number of nitrogens with zero attached hydrogens (tertiary/aromatic N) is 3. The van der Waals surface area contributed by atoms with Gasteiger partial charge in [0.05, 0.1) is 5.56 Å². The number of furan rings is 1. The van der Waals surface area contributed by atoms with E-state index in [0.717, 1.165) is 6.07 Å². The molecule has 13 heteroatoms. The number of tetrazole rings is 1. The number of fused-ring (bicyclic) bond motifs is 1. The first-order valence-corrected chi connectivity index (χ1v) is 8.91. The maximum atomic E-state index is 14.5. The van der Waals surface area contributed by atoms with Gasteiger partial charge >= 0.3 is 12.5 Å². The highest BCUT2D eigenvalue weighted by Crippen LogP contribution is 2.39. The van der Waals surface area contributed by atoms with Crippen molar-refractivity contribution in [3.8, 4) is 17.3 Å². The van der Waals surface area contributed by atoms with Gasteiger partial charge in [0.15, 0.2) is 5.76 Å². The molecule has 0 amide bonds. The van der Waals surface area contributed by atoms with Gasteiger partial charge in [-0.15, -0.1) is 23.4 Å². The SMILES string of the molecule is Fc1cc2cc(-c3nn[nH]n3)oc2cc1CCc1ccc(OC(F)(F)F)c(C(F)(F)F)c1. The summed E-state index contributed by atoms with van der Waals surface area (Å²) < 4.78 is 100. The molecule has 0 fully saturated rings. The lowest BCUT2D eigenvalue weighted by Gasteiger charge is -2.16. The number of benzene rings is 2. The number of alkyl halides is 6. The van der Waals surface area contributed by atoms with E-state index in [1.807, 2.05) is 0 Å². The van der Waals surface area contributed by atoms with Crippen molar-refractivity contribution in [1.82, 2.24) is 20.6 Å². The molecule has 0 radical (unpaired) electrons. The van der Waals surface area contributed by atoms with Crippen molar-refractivity contribution >= 4 is 11.0 Å². The predicted molar refractivity (Wildman–Crippen MR) is 94.9 cm³/mol. The molecule has 0 unspecified atom stereocenters. The van der Waals surface area contributed by atoms with Crippen LogP contribution < -0.4 is 4.74 Å². The fourth-order valence-corrected chi connectivity index (χ4v) is 3.12. The Kier molecular flexibility index (Phi) is 5.26. The lowest BCUT2D eigenvalue weighted by Crippen LogP contribution is -2.20. The fraction of sp³-hybridized carbons (Fsp3) is 0.211. The average molecular weight is 460 g/mol. The lowest BCUT2D eigenvalue weighted by molar-refractivity contribution is -0.276. The average Bonchev–Trinajstić information content (AvgIpc) is 3.34. The Bertz CT molecular complexity index is 1250. The van der Waals surface area contributed by atoms with Gasteiger partial charge in [-0.25, -0.2) is 4.39 Å². The minimum absolute atomic E-state index is 0.0310. The van der Waals surface area contributed by atoms with Crippen LogP contribution in [-0.2, 0) is 19.0 Å². The van der Waals surface area contributed by atoms with Gasteiger partial charge in [-0.3, -0.25) is 0 Å². The number of ether oxygens (including phenoxy) is 1. The molecule has 2 heterocycles. The quantitative estimate of drug-likeness (QED) is 0.401. The number of halogens is 7. The number of aromatic nitrogens is 4. The Morgan fingerprint density at radius 2 is 1.75 bits per heavy atom. The monoisotopic (exact) mass is 460 g/mol. The Morgan fingerprint density at radius 1 is 0.969 bits per heavy atom. The van der Waals surface area contributed by atoms with Crippen LogP contribution in [0.5, 0.6) is 5.75 Å². The van der Waals surface area contributed by atoms with E-state index in [1.54, 1.807) is 0 Å². The van der Waals surface area contributed by atoms with E-state index < -0.39 is 29.7 Å². The van der Waals surface area contributed by atoms with Gasteiger partial charge in [-0.05, 0) is 59.5 Å². The van der Waals surface area contributed by atoms with Crippen LogP contribution in [0.25, 0.3) is 22.6 Å². The van der Waals surface area contributed by atoms with Crippen LogP contribution in [0.15, 0.2) is 40.8 Å². The van der Waals surface area contributed by atoms with Gasteiger partial charge in [0.25, 0.3) is 0 Å². The van der Waals surface area contributed by atoms with Crippen LogP contribution in [0.4, 0.5) is 30.7 Å². The smallest absolute Gasteiger partial charge is 0.453 e. The van der Waals surface area contributed by atoms with E-state index in [-0.39, 0.29) is 35.6 Å². The molecule has 6 nitrogen and oxygen atoms in total. The summed E-state index contributed by atoms with van der Waals surface area (Å²) >= 11 is 0. The first kappa shape index (κ1) is 21.6. The van der Waals surface area contributed by atoms with Gasteiger partial charge in [0.1, 0.15) is 17.1 Å². The fourth-order valence-electron chi connectivity index (χ4n) is 3.12. The van der Waals surface area contributed by atoms with Crippen LogP contribution in [0.2, 0.25) is 0 Å². The number of hydrogen-bond acceptors (Lipinski definition) is 5. The zero-order chi connectivity index (χ0) is 23.1. The molecule has 0 aliphatic heterocycles. The maximum absolute atomic E-state index is 14.5. The molecule has 2 aromatic carbocycles. The molecular formula is C19H11F7N4O2. The van der Waals surface area contributed by atoms with Crippen molar-refractivity contribution in [2.45, 2.75) is 25.4 Å². The van der Waals surface area contributed by atoms with Crippen molar-refractivity contribution in [3.63, 3.8) is 0 Å². The third kappa shape index (κ3) is 4.65. The van der Waals surface area contributed by atoms with E-state index in [1.165, 1.54) is 18.2 Å². The summed E-state index contributed by atoms with van der Waals surface area (Å²) in [5.74, 6) is -1.58. The summed E-state index contributed by atoms with van der Waals surface area (Å²) in [5.41, 5.74) is -1.07. The maximum Gasteiger partial charge on any atom is 0.573 e. The molecule has 0 atom stereocenters. The summed E-state index contributed by atoms with van der Waals surface area (Å²) in [6.07, 6.45) is -10.4. The Balaban J connectivity index is 1.58. The van der Waals surface area contributed by atoms with E-state index >= 15 is 0 Å². The number of hydrogen-bond donors (Lipinski definition) is 1. The molecule has 0 saturated heterocycles. The van der Waals surface area contributed by atoms with Crippen LogP contribution in [0.1, 0.15) is 16.7 Å². The molecule has 1 N–H and O–H groups in total. The molecule has 0 saturated carbocycles. The molecule has 0 aliphatic carbocycles. The number of H-pyrrole nitrogens is 1. The number of nitrogens with one attached hydrogen (secondary N) is 1. The molecule has 0 aliphatic rings. The molecule has 0 bridgehead atoms. The van der Waals surface area contributed by atoms with Crippen molar-refractivity contribution < 1.29 is 39.9 Å². The van der Waals surface area contributed by atoms with Gasteiger partial charge in [0, 0.05) is 5.39 Å². The number of aryl methyl sites for hydroxylation is 2. The highest BCUT2D eigenvalue weighted by Gasteiger charge is 2.39. The first-order valence-electron chi connectivity index (χ1n) is 8.91. The normalized spacial score (nSPS) is 12.5. The minimum atomic E-state index is -5.27. The van der Waals surface area contributed by atoms with Crippen molar-refractivity contribution in [2.24, 2.45) is 0 Å². The second-order valence-corrected chi connectivity index (χ2v) is 6.70. The van der Waals surface area contributed by atoms with E-state index in [4.69, 9.17) is 4.42 Å². The predicted octanol–water partition coefficient (Wildman–Crippen LogP) is 5.45. The molecule has 0 spiro atoms. The van der Waals surface area contributed by atoms with E-state index in [2.05, 4.69) is 25.4 Å². The van der Waals surface area contributed by atoms with Crippen LogP contribution in [0.3, 0.4) is 0 Å². The third-order valence-corrected chi connectivity index (χ3v) is 4.51. The van der Waals surface area contributed by atoms with Crippen molar-refractivity contribution in [1.29, 1.82) is 0 Å². The largest absolute Gasteiger partial charge is 0.573 e. The summed E-state index contributed by atoms with van der Waals surface area (Å²) in [4.78, 5) is 0. The van der Waals surface area contributed by atoms with Crippen molar-refractivity contribution in [3.05, 3.63) is 58.9 Å². The summed E-state index contributed by atoms with van der Waals surface area (Å²) in [5, 5.41) is 13.6. The summed E-state index contributed by atoms with van der Waals surface area (Å²) in [6.45, 7) is 0. The Morgan fingerprint density at radius 3 is 2.41 bits per heavy atom. The topological polar surface area (TPSA) is 76.8 Å². The second-order valence-electron chi connectivity index (χ2n) is 6.70. The van der Waals surface area contributed by atoms with E-state index in [9.17, 15) is 30.7 Å². The van der Waals surface area contributed by atoms with Gasteiger partial charge in [-0.2, -0.15) is 18.4 Å². The number of aromatic amines is 1. The Labute approximate surface area is 174 Å². The van der Waals surface area contributed by atoms with Crippen molar-refractivity contribution in [2.75, 3.05) is 0 Å². The highest BCUT2D eigenvalue weighted by atomic mass is 19.4. The third-order valence-electron chi connectivity index (χ3n) is 4.51. The van der Waals surface area contributed by atoms with Crippen LogP contribution in [-0.4, -0.2) is 27.0 Å². The lowest BCUT2D eigenvalue weighted by atomic mass is 10.0. The van der Waals surface area contributed by atoms with Crippen LogP contribution >= 0.6 is 0 Å². The zero-order valence-corrected chi connectivity index (χ0v) is 15.7. The molecule has 4 rings (SSSR count). The Hall–Kier alpha value is -3.64. The minimum Gasteiger partial charge on any atom is -0.453 e. The van der Waals surface area contributed by atoms with Gasteiger partial charge in [-0.1, -0.05) is 6.07 Å². The molecular weight excluding hydrogens is 449 g/mol. The van der Waals surface area contributed by atoms with Crippen LogP contribution in [0, 0.1) is 5.82 Å². The highest BCUT2D eigenvalue weighted by molar-refractivity contribution is 5.82. The molecule has 32 heavy (non-hydrogen) atoms. The molecule has 4 aromatic rings. The zero-order valence-electron chi connectivity index (χ0n) is 15.7. The number of rotatable bonds is 5. The van der Waals surface area contributed by atoms with Gasteiger partial charge in [0.2, 0.25) is 5.82 Å². The first-order chi connectivity index (χ1) is 15.0. The molecule has 2 aromatic heterocycles. The standard InChI is InChI=1S/C19H11F7N4O2/c20-13-6-11-8-16(17-27-29-30-28-17)31-15(11)7-10(13)3-1-9-2-4-14(32-19(24,25)26)12(5-9)18(21,22)23/h2,4-8H,1,3H2,(H,27,28,29,30). The summed E-state index contributed by atoms with van der Waals surface area (Å²) in [6, 6.07) is 6.29. The second kappa shape index (κ2) is 7.80.